The summed E-state index contributed by atoms with van der Waals surface area (Å²) in [7, 11) is 0. The van der Waals surface area contributed by atoms with E-state index in [1.807, 2.05) is 0 Å². The van der Waals surface area contributed by atoms with Crippen molar-refractivity contribution in [1.82, 2.24) is 0 Å². The summed E-state index contributed by atoms with van der Waals surface area (Å²) in [6.07, 6.45) is -3.98. The van der Waals surface area contributed by atoms with Crippen LogP contribution in [0.25, 0.3) is 11.1 Å². The van der Waals surface area contributed by atoms with Gasteiger partial charge in [-0.3, -0.25) is 4.79 Å². The van der Waals surface area contributed by atoms with Gasteiger partial charge in [0, 0.05) is 5.56 Å². The Morgan fingerprint density at radius 1 is 1.10 bits per heavy atom. The van der Waals surface area contributed by atoms with Crippen LogP contribution >= 0.6 is 11.6 Å². The van der Waals surface area contributed by atoms with Gasteiger partial charge in [0.1, 0.15) is 29.1 Å². The number of halogens is 7. The molecular formula is C22H17ClF6O2. The highest BCUT2D eigenvalue weighted by Crippen LogP contribution is 2.60. The molecular weight excluding hydrogens is 446 g/mol. The zero-order valence-electron chi connectivity index (χ0n) is 16.4. The van der Waals surface area contributed by atoms with Crippen molar-refractivity contribution >= 4 is 17.6 Å². The highest BCUT2D eigenvalue weighted by atomic mass is 35.5. The maximum Gasteiger partial charge on any atom is 0.426 e. The van der Waals surface area contributed by atoms with E-state index in [0.717, 1.165) is 24.3 Å². The SMILES string of the molecule is CC1(C)[C@H](C(=O)OCc2c(F)ccc(-c3ccc(F)cc3)c2F)[C@@H]1/C=C(\Cl)C(F)(F)F. The smallest absolute Gasteiger partial charge is 0.426 e. The van der Waals surface area contributed by atoms with E-state index in [4.69, 9.17) is 16.3 Å². The fourth-order valence-corrected chi connectivity index (χ4v) is 3.64. The summed E-state index contributed by atoms with van der Waals surface area (Å²) in [6.45, 7) is 2.38. The molecule has 166 valence electrons. The van der Waals surface area contributed by atoms with Crippen LogP contribution in [0.4, 0.5) is 26.3 Å². The average molecular weight is 463 g/mol. The number of alkyl halides is 3. The van der Waals surface area contributed by atoms with Crippen LogP contribution in [0.15, 0.2) is 47.5 Å². The second kappa shape index (κ2) is 8.22. The minimum atomic E-state index is -4.73. The minimum Gasteiger partial charge on any atom is -0.460 e. The molecule has 1 aliphatic carbocycles. The second-order valence-corrected chi connectivity index (χ2v) is 8.25. The number of allylic oxidation sites excluding steroid dienone is 2. The molecule has 0 heterocycles. The Morgan fingerprint density at radius 2 is 1.71 bits per heavy atom. The van der Waals surface area contributed by atoms with Crippen LogP contribution in [-0.4, -0.2) is 12.1 Å². The Labute approximate surface area is 179 Å². The van der Waals surface area contributed by atoms with Crippen LogP contribution in [0.2, 0.25) is 0 Å². The molecule has 3 rings (SSSR count). The number of esters is 1. The molecule has 2 atom stereocenters. The van der Waals surface area contributed by atoms with Gasteiger partial charge >= 0.3 is 12.1 Å². The predicted molar refractivity (Wildman–Crippen MR) is 102 cm³/mol. The molecule has 2 aromatic rings. The molecule has 0 amide bonds. The second-order valence-electron chi connectivity index (χ2n) is 7.84. The van der Waals surface area contributed by atoms with Crippen LogP contribution in [0.3, 0.4) is 0 Å². The van der Waals surface area contributed by atoms with Crippen molar-refractivity contribution in [3.8, 4) is 11.1 Å². The van der Waals surface area contributed by atoms with Crippen LogP contribution in [0.1, 0.15) is 19.4 Å². The van der Waals surface area contributed by atoms with Crippen molar-refractivity contribution in [2.24, 2.45) is 17.3 Å². The van der Waals surface area contributed by atoms with E-state index in [2.05, 4.69) is 0 Å². The molecule has 2 nitrogen and oxygen atoms in total. The van der Waals surface area contributed by atoms with Crippen LogP contribution in [0, 0.1) is 34.7 Å². The number of rotatable bonds is 5. The van der Waals surface area contributed by atoms with Gasteiger partial charge in [0.2, 0.25) is 0 Å². The van der Waals surface area contributed by atoms with E-state index in [-0.39, 0.29) is 5.56 Å². The number of carbonyl (C=O) groups excluding carboxylic acids is 1. The molecule has 0 N–H and O–H groups in total. The van der Waals surface area contributed by atoms with Gasteiger partial charge in [0.05, 0.1) is 11.5 Å². The quantitative estimate of drug-likeness (QED) is 0.362. The molecule has 0 aromatic heterocycles. The number of hydrogen-bond acceptors (Lipinski definition) is 2. The molecule has 31 heavy (non-hydrogen) atoms. The Kier molecular flexibility index (Phi) is 6.15. The molecule has 2 aromatic carbocycles. The van der Waals surface area contributed by atoms with Gasteiger partial charge in [0.15, 0.2) is 0 Å². The van der Waals surface area contributed by atoms with Gasteiger partial charge in [0.25, 0.3) is 0 Å². The maximum atomic E-state index is 14.8. The molecule has 0 unspecified atom stereocenters. The summed E-state index contributed by atoms with van der Waals surface area (Å²) in [5.74, 6) is -5.11. The Morgan fingerprint density at radius 3 is 2.29 bits per heavy atom. The number of ether oxygens (including phenoxy) is 1. The maximum absolute atomic E-state index is 14.8. The van der Waals surface area contributed by atoms with Gasteiger partial charge in [-0.05, 0) is 41.2 Å². The third-order valence-electron chi connectivity index (χ3n) is 5.46. The van der Waals surface area contributed by atoms with Crippen LogP contribution in [-0.2, 0) is 16.1 Å². The highest BCUT2D eigenvalue weighted by molar-refractivity contribution is 6.30. The first kappa shape index (κ1) is 23.2. The fraction of sp³-hybridized carbons (Fsp3) is 0.318. The Balaban J connectivity index is 1.76. The average Bonchev–Trinajstić information content (AvgIpc) is 3.21. The first-order valence-corrected chi connectivity index (χ1v) is 9.55. The molecule has 1 fully saturated rings. The van der Waals surface area contributed by atoms with Gasteiger partial charge in [-0.15, -0.1) is 0 Å². The summed E-state index contributed by atoms with van der Waals surface area (Å²) in [4.78, 5) is 12.4. The van der Waals surface area contributed by atoms with E-state index in [0.29, 0.717) is 5.56 Å². The molecule has 0 radical (unpaired) electrons. The summed E-state index contributed by atoms with van der Waals surface area (Å²) in [6, 6.07) is 7.03. The van der Waals surface area contributed by atoms with Crippen molar-refractivity contribution in [2.75, 3.05) is 0 Å². The summed E-state index contributed by atoms with van der Waals surface area (Å²) in [5, 5.41) is -1.34. The predicted octanol–water partition coefficient (Wildman–Crippen LogP) is 6.77. The van der Waals surface area contributed by atoms with Crippen molar-refractivity contribution in [2.45, 2.75) is 26.6 Å². The van der Waals surface area contributed by atoms with E-state index < -0.39 is 64.1 Å². The first-order chi connectivity index (χ1) is 14.3. The van der Waals surface area contributed by atoms with Crippen LogP contribution < -0.4 is 0 Å². The lowest BCUT2D eigenvalue weighted by atomic mass is 10.0. The molecule has 1 aliphatic rings. The highest BCUT2D eigenvalue weighted by Gasteiger charge is 2.62. The molecule has 0 bridgehead atoms. The zero-order chi connectivity index (χ0) is 23.1. The summed E-state index contributed by atoms with van der Waals surface area (Å²) < 4.78 is 85.1. The molecule has 0 saturated heterocycles. The fourth-order valence-electron chi connectivity index (χ4n) is 3.51. The van der Waals surface area contributed by atoms with E-state index in [1.165, 1.54) is 18.2 Å². The van der Waals surface area contributed by atoms with Gasteiger partial charge in [-0.1, -0.05) is 43.7 Å². The molecule has 9 heteroatoms. The van der Waals surface area contributed by atoms with E-state index in [1.54, 1.807) is 13.8 Å². The van der Waals surface area contributed by atoms with E-state index in [9.17, 15) is 31.1 Å². The van der Waals surface area contributed by atoms with Gasteiger partial charge in [-0.2, -0.15) is 13.2 Å². The lowest BCUT2D eigenvalue weighted by Crippen LogP contribution is -2.12. The molecule has 0 aliphatic heterocycles. The molecule has 1 saturated carbocycles. The summed E-state index contributed by atoms with van der Waals surface area (Å²) >= 11 is 5.25. The Hall–Kier alpha value is -2.48. The standard InChI is InChI=1S/C22H17ClF6O2/c1-21(2)15(9-17(23)22(27,28)29)18(21)20(30)31-10-14-16(25)8-7-13(19(14)26)11-3-5-12(24)6-4-11/h3-9,15,18H,10H2,1-2H3/b17-9-/t15-,18-/m0/s1. The number of benzene rings is 2. The lowest BCUT2D eigenvalue weighted by molar-refractivity contribution is -0.147. The van der Waals surface area contributed by atoms with Gasteiger partial charge < -0.3 is 4.74 Å². The van der Waals surface area contributed by atoms with Crippen LogP contribution in [0.5, 0.6) is 0 Å². The normalized spacial score (nSPS) is 20.5. The zero-order valence-corrected chi connectivity index (χ0v) is 17.1. The van der Waals surface area contributed by atoms with E-state index >= 15 is 0 Å². The lowest BCUT2D eigenvalue weighted by Gasteiger charge is -2.11. The largest absolute Gasteiger partial charge is 0.460 e. The van der Waals surface area contributed by atoms with Crippen molar-refractivity contribution < 1.29 is 35.9 Å². The van der Waals surface area contributed by atoms with Crippen molar-refractivity contribution in [1.29, 1.82) is 0 Å². The minimum absolute atomic E-state index is 0.0167. The summed E-state index contributed by atoms with van der Waals surface area (Å²) in [5.41, 5.74) is -1.09. The third-order valence-corrected chi connectivity index (χ3v) is 5.80. The first-order valence-electron chi connectivity index (χ1n) is 9.18. The van der Waals surface area contributed by atoms with Gasteiger partial charge in [-0.25, -0.2) is 13.2 Å². The number of carbonyl (C=O) groups is 1. The monoisotopic (exact) mass is 462 g/mol. The van der Waals surface area contributed by atoms with Crippen molar-refractivity contribution in [3.63, 3.8) is 0 Å². The molecule has 0 spiro atoms. The topological polar surface area (TPSA) is 26.3 Å². The van der Waals surface area contributed by atoms with Crippen molar-refractivity contribution in [3.05, 3.63) is 70.5 Å². The Bertz CT molecular complexity index is 1030. The third kappa shape index (κ3) is 4.74. The number of hydrogen-bond donors (Lipinski definition) is 0.